The molecule has 2 rings (SSSR count). The maximum atomic E-state index is 12.4. The van der Waals surface area contributed by atoms with Gasteiger partial charge < -0.3 is 15.5 Å². The van der Waals surface area contributed by atoms with Gasteiger partial charge in [-0.25, -0.2) is 0 Å². The highest BCUT2D eigenvalue weighted by atomic mass is 16.2. The minimum atomic E-state index is -0.367. The van der Waals surface area contributed by atoms with Crippen molar-refractivity contribution in [2.24, 2.45) is 5.41 Å². The van der Waals surface area contributed by atoms with Crippen molar-refractivity contribution in [1.29, 1.82) is 0 Å². The molecule has 0 aromatic rings. The van der Waals surface area contributed by atoms with E-state index < -0.39 is 0 Å². The lowest BCUT2D eigenvalue weighted by Gasteiger charge is -2.32. The predicted molar refractivity (Wildman–Crippen MR) is 78.2 cm³/mol. The van der Waals surface area contributed by atoms with Crippen molar-refractivity contribution in [1.82, 2.24) is 15.5 Å². The fourth-order valence-corrected chi connectivity index (χ4v) is 3.45. The standard InChI is InChI=1S/C15H27N3O2/c1-18(2)14(20)15(8-4-5-9-15)11-17-13(19)12-7-3-6-10-16-12/h12,16H,3-11H2,1-2H3,(H,17,19). The third kappa shape index (κ3) is 3.32. The van der Waals surface area contributed by atoms with E-state index in [9.17, 15) is 9.59 Å². The third-order valence-electron chi connectivity index (χ3n) is 4.65. The lowest BCUT2D eigenvalue weighted by molar-refractivity contribution is -0.139. The molecule has 0 bridgehead atoms. The first-order chi connectivity index (χ1) is 9.55. The average Bonchev–Trinajstić information content (AvgIpc) is 2.94. The zero-order valence-electron chi connectivity index (χ0n) is 12.7. The normalized spacial score (nSPS) is 25.2. The Morgan fingerprint density at radius 1 is 1.20 bits per heavy atom. The number of amides is 2. The Labute approximate surface area is 121 Å². The van der Waals surface area contributed by atoms with Crippen molar-refractivity contribution >= 4 is 11.8 Å². The first-order valence-corrected chi connectivity index (χ1v) is 7.78. The van der Waals surface area contributed by atoms with Gasteiger partial charge in [0.05, 0.1) is 11.5 Å². The van der Waals surface area contributed by atoms with Gasteiger partial charge >= 0.3 is 0 Å². The number of carbonyl (C=O) groups is 2. The summed E-state index contributed by atoms with van der Waals surface area (Å²) in [5.74, 6) is 0.217. The van der Waals surface area contributed by atoms with Gasteiger partial charge in [-0.05, 0) is 32.2 Å². The monoisotopic (exact) mass is 281 g/mol. The number of carbonyl (C=O) groups excluding carboxylic acids is 2. The molecule has 0 spiro atoms. The first-order valence-electron chi connectivity index (χ1n) is 7.78. The second-order valence-electron chi connectivity index (χ2n) is 6.41. The van der Waals surface area contributed by atoms with Gasteiger partial charge in [-0.1, -0.05) is 19.3 Å². The van der Waals surface area contributed by atoms with Gasteiger partial charge in [-0.15, -0.1) is 0 Å². The molecule has 1 saturated carbocycles. The van der Waals surface area contributed by atoms with Crippen LogP contribution in [0.3, 0.4) is 0 Å². The molecule has 2 aliphatic rings. The number of rotatable bonds is 4. The maximum Gasteiger partial charge on any atom is 0.237 e. The van der Waals surface area contributed by atoms with Crippen LogP contribution in [0.25, 0.3) is 0 Å². The number of hydrogen-bond donors (Lipinski definition) is 2. The highest BCUT2D eigenvalue weighted by Crippen LogP contribution is 2.38. The fourth-order valence-electron chi connectivity index (χ4n) is 3.45. The van der Waals surface area contributed by atoms with E-state index in [1.807, 2.05) is 0 Å². The van der Waals surface area contributed by atoms with Crippen LogP contribution in [0, 0.1) is 5.41 Å². The molecule has 0 aromatic carbocycles. The van der Waals surface area contributed by atoms with Crippen molar-refractivity contribution in [2.45, 2.75) is 51.0 Å². The SMILES string of the molecule is CN(C)C(=O)C1(CNC(=O)C2CCCCN2)CCCC1. The molecule has 114 valence electrons. The van der Waals surface area contributed by atoms with Crippen LogP contribution in [0.2, 0.25) is 0 Å². The number of hydrogen-bond acceptors (Lipinski definition) is 3. The molecule has 5 nitrogen and oxygen atoms in total. The summed E-state index contributed by atoms with van der Waals surface area (Å²) in [5, 5.41) is 6.27. The lowest BCUT2D eigenvalue weighted by Crippen LogP contribution is -2.51. The van der Waals surface area contributed by atoms with E-state index in [1.54, 1.807) is 19.0 Å². The lowest BCUT2D eigenvalue weighted by atomic mass is 9.84. The molecule has 2 fully saturated rings. The molecule has 1 unspecified atom stereocenters. The summed E-state index contributed by atoms with van der Waals surface area (Å²) in [6, 6.07) is -0.0725. The Morgan fingerprint density at radius 2 is 1.90 bits per heavy atom. The third-order valence-corrected chi connectivity index (χ3v) is 4.65. The second-order valence-corrected chi connectivity index (χ2v) is 6.41. The molecular formula is C15H27N3O2. The Morgan fingerprint density at radius 3 is 2.45 bits per heavy atom. The first kappa shape index (κ1) is 15.3. The molecule has 0 aromatic heterocycles. The smallest absolute Gasteiger partial charge is 0.237 e. The van der Waals surface area contributed by atoms with Crippen LogP contribution in [-0.2, 0) is 9.59 Å². The van der Waals surface area contributed by atoms with Gasteiger partial charge in [0, 0.05) is 20.6 Å². The molecule has 1 aliphatic heterocycles. The molecule has 2 amide bonds. The summed E-state index contributed by atoms with van der Waals surface area (Å²) in [4.78, 5) is 26.3. The van der Waals surface area contributed by atoms with E-state index in [0.717, 1.165) is 51.5 Å². The van der Waals surface area contributed by atoms with Crippen molar-refractivity contribution in [3.8, 4) is 0 Å². The fraction of sp³-hybridized carbons (Fsp3) is 0.867. The van der Waals surface area contributed by atoms with E-state index in [1.165, 1.54) is 0 Å². The van der Waals surface area contributed by atoms with E-state index in [0.29, 0.717) is 6.54 Å². The van der Waals surface area contributed by atoms with Gasteiger partial charge in [0.2, 0.25) is 11.8 Å². The summed E-state index contributed by atoms with van der Waals surface area (Å²) < 4.78 is 0. The molecule has 1 aliphatic carbocycles. The summed E-state index contributed by atoms with van der Waals surface area (Å²) >= 11 is 0. The zero-order chi connectivity index (χ0) is 14.6. The summed E-state index contributed by atoms with van der Waals surface area (Å²) in [6.45, 7) is 1.40. The predicted octanol–water partition coefficient (Wildman–Crippen LogP) is 0.893. The van der Waals surface area contributed by atoms with E-state index >= 15 is 0 Å². The summed E-state index contributed by atoms with van der Waals surface area (Å²) in [5.41, 5.74) is -0.367. The van der Waals surface area contributed by atoms with Crippen molar-refractivity contribution in [3.63, 3.8) is 0 Å². The van der Waals surface area contributed by atoms with Crippen LogP contribution in [0.15, 0.2) is 0 Å². The summed E-state index contributed by atoms with van der Waals surface area (Å²) in [7, 11) is 3.60. The Balaban J connectivity index is 1.92. The molecule has 0 radical (unpaired) electrons. The van der Waals surface area contributed by atoms with Gasteiger partial charge in [-0.2, -0.15) is 0 Å². The number of nitrogens with one attached hydrogen (secondary N) is 2. The van der Waals surface area contributed by atoms with Crippen LogP contribution in [0.5, 0.6) is 0 Å². The van der Waals surface area contributed by atoms with Crippen LogP contribution in [0.4, 0.5) is 0 Å². The van der Waals surface area contributed by atoms with Crippen molar-refractivity contribution in [2.75, 3.05) is 27.2 Å². The molecular weight excluding hydrogens is 254 g/mol. The second kappa shape index (κ2) is 6.57. The molecule has 20 heavy (non-hydrogen) atoms. The highest BCUT2D eigenvalue weighted by molar-refractivity contribution is 5.85. The van der Waals surface area contributed by atoms with Crippen LogP contribution < -0.4 is 10.6 Å². The molecule has 1 atom stereocenters. The number of piperidine rings is 1. The topological polar surface area (TPSA) is 61.4 Å². The zero-order valence-corrected chi connectivity index (χ0v) is 12.7. The highest BCUT2D eigenvalue weighted by Gasteiger charge is 2.42. The maximum absolute atomic E-state index is 12.4. The van der Waals surface area contributed by atoms with E-state index in [-0.39, 0.29) is 23.3 Å². The molecule has 5 heteroatoms. The quantitative estimate of drug-likeness (QED) is 0.804. The van der Waals surface area contributed by atoms with E-state index in [2.05, 4.69) is 10.6 Å². The Kier molecular flexibility index (Phi) is 5.02. The van der Waals surface area contributed by atoms with Gasteiger partial charge in [-0.3, -0.25) is 9.59 Å². The molecule has 2 N–H and O–H groups in total. The molecule has 1 saturated heterocycles. The number of nitrogens with zero attached hydrogens (tertiary/aromatic N) is 1. The Hall–Kier alpha value is -1.10. The molecule has 1 heterocycles. The van der Waals surface area contributed by atoms with Crippen LogP contribution in [0.1, 0.15) is 44.9 Å². The average molecular weight is 281 g/mol. The minimum absolute atomic E-state index is 0.0579. The van der Waals surface area contributed by atoms with E-state index in [4.69, 9.17) is 0 Å². The van der Waals surface area contributed by atoms with Crippen molar-refractivity contribution < 1.29 is 9.59 Å². The largest absolute Gasteiger partial charge is 0.354 e. The van der Waals surface area contributed by atoms with Gasteiger partial charge in [0.1, 0.15) is 0 Å². The van der Waals surface area contributed by atoms with Crippen molar-refractivity contribution in [3.05, 3.63) is 0 Å². The summed E-state index contributed by atoms with van der Waals surface area (Å²) in [6.07, 6.45) is 7.10. The Bertz CT molecular complexity index is 356. The van der Waals surface area contributed by atoms with Gasteiger partial charge in [0.25, 0.3) is 0 Å². The van der Waals surface area contributed by atoms with Gasteiger partial charge in [0.15, 0.2) is 0 Å². The minimum Gasteiger partial charge on any atom is -0.354 e. The van der Waals surface area contributed by atoms with Crippen LogP contribution in [-0.4, -0.2) is 49.9 Å². The van der Waals surface area contributed by atoms with Crippen LogP contribution >= 0.6 is 0 Å².